The number of ketones is 1. The summed E-state index contributed by atoms with van der Waals surface area (Å²) in [7, 11) is 0. The predicted octanol–water partition coefficient (Wildman–Crippen LogP) is 4.25. The molecule has 0 aromatic heterocycles. The zero-order valence-electron chi connectivity index (χ0n) is 15.3. The van der Waals surface area contributed by atoms with Crippen molar-refractivity contribution >= 4 is 42.4 Å². The van der Waals surface area contributed by atoms with Crippen LogP contribution in [0.15, 0.2) is 59.5 Å². The van der Waals surface area contributed by atoms with Gasteiger partial charge >= 0.3 is 0 Å². The molecule has 0 aliphatic carbocycles. The van der Waals surface area contributed by atoms with E-state index in [4.69, 9.17) is 0 Å². The zero-order valence-corrected chi connectivity index (χ0v) is 17.7. The van der Waals surface area contributed by atoms with Gasteiger partial charge in [0.05, 0.1) is 0 Å². The lowest BCUT2D eigenvalue weighted by atomic mass is 9.97. The summed E-state index contributed by atoms with van der Waals surface area (Å²) >= 11 is 1.83. The van der Waals surface area contributed by atoms with Gasteiger partial charge in [0.15, 0.2) is 5.78 Å². The molecule has 2 aliphatic heterocycles. The monoisotopic (exact) mass is 424 g/mol. The topological polar surface area (TPSA) is 23.6 Å². The summed E-state index contributed by atoms with van der Waals surface area (Å²) in [6.45, 7) is 6.21. The molecule has 1 atom stereocenters. The average Bonchev–Trinajstić information content (AvgIpc) is 2.67. The molecule has 4 rings (SSSR count). The Bertz CT molecular complexity index is 736. The molecule has 0 saturated carbocycles. The second-order valence-electron chi connectivity index (χ2n) is 6.93. The highest BCUT2D eigenvalue weighted by molar-refractivity contribution is 7.99. The van der Waals surface area contributed by atoms with Crippen LogP contribution in [0.25, 0.3) is 0 Å². The van der Waals surface area contributed by atoms with Crippen molar-refractivity contribution in [3.63, 3.8) is 0 Å². The first-order valence-electron chi connectivity index (χ1n) is 9.04. The molecule has 0 radical (unpaired) electrons. The highest BCUT2D eigenvalue weighted by Crippen LogP contribution is 2.33. The van der Waals surface area contributed by atoms with Crippen molar-refractivity contribution in [3.8, 4) is 0 Å². The summed E-state index contributed by atoms with van der Waals surface area (Å²) in [5.41, 5.74) is 2.30. The standard InChI is InChI=1S/C21H24N2OS.2ClH/c24-21-18(16-25-20-9-5-4-8-19(20)21)15-23-12-10-22(11-13-23)14-17-6-2-1-3-7-17;;/h1-9,18H,10-16H2;2*1H. The van der Waals surface area contributed by atoms with Crippen LogP contribution in [0.5, 0.6) is 0 Å². The normalized spacial score (nSPS) is 20.3. The Hall–Kier alpha value is -1.04. The van der Waals surface area contributed by atoms with Crippen LogP contribution in [0.1, 0.15) is 15.9 Å². The van der Waals surface area contributed by atoms with Crippen molar-refractivity contribution in [2.75, 3.05) is 38.5 Å². The molecule has 2 heterocycles. The third-order valence-corrected chi connectivity index (χ3v) is 6.39. The van der Waals surface area contributed by atoms with E-state index in [-0.39, 0.29) is 30.7 Å². The highest BCUT2D eigenvalue weighted by atomic mass is 35.5. The van der Waals surface area contributed by atoms with Crippen molar-refractivity contribution in [3.05, 3.63) is 65.7 Å². The molecule has 6 heteroatoms. The van der Waals surface area contributed by atoms with E-state index >= 15 is 0 Å². The van der Waals surface area contributed by atoms with Crippen molar-refractivity contribution in [2.45, 2.75) is 11.4 Å². The van der Waals surface area contributed by atoms with Gasteiger partial charge in [0.25, 0.3) is 0 Å². The summed E-state index contributed by atoms with van der Waals surface area (Å²) in [4.78, 5) is 18.9. The van der Waals surface area contributed by atoms with Crippen molar-refractivity contribution in [1.82, 2.24) is 9.80 Å². The molecule has 0 N–H and O–H groups in total. The number of hydrogen-bond acceptors (Lipinski definition) is 4. The number of nitrogens with zero attached hydrogens (tertiary/aromatic N) is 2. The number of halogens is 2. The van der Waals surface area contributed by atoms with E-state index < -0.39 is 0 Å². The van der Waals surface area contributed by atoms with Gasteiger partial charge in [-0.3, -0.25) is 9.69 Å². The Morgan fingerprint density at radius 3 is 2.22 bits per heavy atom. The van der Waals surface area contributed by atoms with E-state index in [1.165, 1.54) is 5.56 Å². The van der Waals surface area contributed by atoms with Crippen LogP contribution in [0.3, 0.4) is 0 Å². The summed E-state index contributed by atoms with van der Waals surface area (Å²) in [6.07, 6.45) is 0. The van der Waals surface area contributed by atoms with Gasteiger partial charge in [0, 0.05) is 61.4 Å². The van der Waals surface area contributed by atoms with Gasteiger partial charge in [-0.1, -0.05) is 48.5 Å². The third kappa shape index (κ3) is 5.49. The molecule has 0 bridgehead atoms. The minimum absolute atomic E-state index is 0. The van der Waals surface area contributed by atoms with E-state index in [1.807, 2.05) is 30.0 Å². The van der Waals surface area contributed by atoms with Crippen molar-refractivity contribution < 1.29 is 4.79 Å². The Balaban J connectivity index is 0.00000131. The molecule has 1 unspecified atom stereocenters. The van der Waals surface area contributed by atoms with Gasteiger partial charge in [-0.05, 0) is 11.6 Å². The number of carbonyl (C=O) groups excluding carboxylic acids is 1. The molecule has 2 aromatic carbocycles. The van der Waals surface area contributed by atoms with Crippen molar-refractivity contribution in [1.29, 1.82) is 0 Å². The zero-order chi connectivity index (χ0) is 17.1. The fraction of sp³-hybridized carbons (Fsp3) is 0.381. The Kier molecular flexibility index (Phi) is 8.64. The maximum Gasteiger partial charge on any atom is 0.169 e. The lowest BCUT2D eigenvalue weighted by Gasteiger charge is -2.37. The van der Waals surface area contributed by atoms with E-state index in [0.717, 1.165) is 55.5 Å². The van der Waals surface area contributed by atoms with Gasteiger partial charge in [0.2, 0.25) is 0 Å². The lowest BCUT2D eigenvalue weighted by Crippen LogP contribution is -2.48. The van der Waals surface area contributed by atoms with Gasteiger partial charge in [-0.25, -0.2) is 0 Å². The second-order valence-corrected chi connectivity index (χ2v) is 7.99. The van der Waals surface area contributed by atoms with Gasteiger partial charge in [-0.2, -0.15) is 0 Å². The minimum Gasteiger partial charge on any atom is -0.300 e. The summed E-state index contributed by atoms with van der Waals surface area (Å²) < 4.78 is 0. The Morgan fingerprint density at radius 1 is 0.852 bits per heavy atom. The second kappa shape index (κ2) is 10.5. The number of benzene rings is 2. The highest BCUT2D eigenvalue weighted by Gasteiger charge is 2.30. The fourth-order valence-corrected chi connectivity index (χ4v) is 4.84. The number of Topliss-reactive ketones (excluding diaryl/α,β-unsaturated/α-hetero) is 1. The van der Waals surface area contributed by atoms with Crippen LogP contribution in [0.2, 0.25) is 0 Å². The number of carbonyl (C=O) groups is 1. The molecule has 27 heavy (non-hydrogen) atoms. The maximum atomic E-state index is 12.7. The van der Waals surface area contributed by atoms with E-state index in [0.29, 0.717) is 5.78 Å². The van der Waals surface area contributed by atoms with Crippen LogP contribution in [-0.4, -0.2) is 54.1 Å². The van der Waals surface area contributed by atoms with Gasteiger partial charge in [-0.15, -0.1) is 36.6 Å². The minimum atomic E-state index is 0. The maximum absolute atomic E-state index is 12.7. The van der Waals surface area contributed by atoms with Crippen molar-refractivity contribution in [2.24, 2.45) is 5.92 Å². The number of thioether (sulfide) groups is 1. The first-order chi connectivity index (χ1) is 12.3. The number of fused-ring (bicyclic) bond motifs is 1. The molecule has 1 fully saturated rings. The molecule has 146 valence electrons. The molecule has 2 aliphatic rings. The summed E-state index contributed by atoms with van der Waals surface area (Å²) in [5, 5.41) is 0. The Labute approximate surface area is 178 Å². The van der Waals surface area contributed by atoms with Gasteiger partial charge in [0.1, 0.15) is 0 Å². The van der Waals surface area contributed by atoms with Gasteiger partial charge < -0.3 is 4.90 Å². The SMILES string of the molecule is Cl.Cl.O=C1c2ccccc2SCC1CN1CCN(Cc2ccccc2)CC1. The number of rotatable bonds is 4. The predicted molar refractivity (Wildman–Crippen MR) is 118 cm³/mol. The van der Waals surface area contributed by atoms with Crippen LogP contribution >= 0.6 is 36.6 Å². The van der Waals surface area contributed by atoms with E-state index in [9.17, 15) is 4.79 Å². The smallest absolute Gasteiger partial charge is 0.169 e. The first kappa shape index (κ1) is 22.3. The summed E-state index contributed by atoms with van der Waals surface area (Å²) in [5.74, 6) is 1.39. The lowest BCUT2D eigenvalue weighted by molar-refractivity contribution is 0.0825. The molecule has 1 saturated heterocycles. The average molecular weight is 425 g/mol. The molecular weight excluding hydrogens is 399 g/mol. The molecular formula is C21H26Cl2N2OS. The van der Waals surface area contributed by atoms with Crippen LogP contribution in [0.4, 0.5) is 0 Å². The Morgan fingerprint density at radius 2 is 1.48 bits per heavy atom. The number of piperazine rings is 1. The van der Waals surface area contributed by atoms with E-state index in [2.05, 4.69) is 46.2 Å². The molecule has 0 spiro atoms. The quantitative estimate of drug-likeness (QED) is 0.731. The summed E-state index contributed by atoms with van der Waals surface area (Å²) in [6, 6.07) is 18.7. The van der Waals surface area contributed by atoms with Crippen LogP contribution in [-0.2, 0) is 6.54 Å². The van der Waals surface area contributed by atoms with Crippen LogP contribution in [0, 0.1) is 5.92 Å². The first-order valence-corrected chi connectivity index (χ1v) is 10.0. The third-order valence-electron chi connectivity index (χ3n) is 5.16. The largest absolute Gasteiger partial charge is 0.300 e. The number of hydrogen-bond donors (Lipinski definition) is 0. The molecule has 3 nitrogen and oxygen atoms in total. The van der Waals surface area contributed by atoms with E-state index in [1.54, 1.807) is 0 Å². The molecule has 2 aromatic rings. The fourth-order valence-electron chi connectivity index (χ4n) is 3.70. The van der Waals surface area contributed by atoms with Crippen LogP contribution < -0.4 is 0 Å². The molecule has 0 amide bonds.